The second kappa shape index (κ2) is 7.62. The lowest BCUT2D eigenvalue weighted by Crippen LogP contribution is -2.28. The minimum absolute atomic E-state index is 0.0238. The average Bonchev–Trinajstić information content (AvgIpc) is 3.20. The number of nitrogens with one attached hydrogen (secondary N) is 1. The molecule has 27 heavy (non-hydrogen) atoms. The molecule has 1 N–H and O–H groups in total. The summed E-state index contributed by atoms with van der Waals surface area (Å²) >= 11 is 5.69. The van der Waals surface area contributed by atoms with Crippen LogP contribution >= 0.6 is 11.6 Å². The van der Waals surface area contributed by atoms with Gasteiger partial charge in [0.2, 0.25) is 15.9 Å². The van der Waals surface area contributed by atoms with Crippen LogP contribution in [0.1, 0.15) is 12.8 Å². The van der Waals surface area contributed by atoms with E-state index < -0.39 is 20.8 Å². The molecule has 0 bridgehead atoms. The van der Waals surface area contributed by atoms with Gasteiger partial charge >= 0.3 is 5.82 Å². The number of nitrogens with zero attached hydrogens (tertiary/aromatic N) is 4. The van der Waals surface area contributed by atoms with Crippen molar-refractivity contribution in [3.63, 3.8) is 0 Å². The van der Waals surface area contributed by atoms with E-state index in [1.807, 2.05) is 0 Å². The predicted octanol–water partition coefficient (Wildman–Crippen LogP) is 1.55. The molecule has 3 rings (SSSR count). The first-order chi connectivity index (χ1) is 12.8. The Balaban J connectivity index is 1.62. The maximum atomic E-state index is 12.3. The van der Waals surface area contributed by atoms with Gasteiger partial charge in [0.05, 0.1) is 22.7 Å². The zero-order valence-electron chi connectivity index (χ0n) is 14.0. The Morgan fingerprint density at radius 1 is 1.30 bits per heavy atom. The molecule has 1 amide bonds. The zero-order valence-corrected chi connectivity index (χ0v) is 15.6. The van der Waals surface area contributed by atoms with Crippen LogP contribution in [0, 0.1) is 10.1 Å². The Morgan fingerprint density at radius 3 is 2.56 bits per heavy atom. The fourth-order valence-electron chi connectivity index (χ4n) is 2.73. The molecule has 1 aromatic heterocycles. The molecule has 2 heterocycles. The van der Waals surface area contributed by atoms with Crippen LogP contribution in [0.3, 0.4) is 0 Å². The topological polar surface area (TPSA) is 127 Å². The van der Waals surface area contributed by atoms with Crippen molar-refractivity contribution in [2.75, 3.05) is 18.0 Å². The van der Waals surface area contributed by atoms with Crippen LogP contribution in [0.15, 0.2) is 35.4 Å². The van der Waals surface area contributed by atoms with Crippen LogP contribution in [-0.2, 0) is 21.4 Å². The van der Waals surface area contributed by atoms with Crippen LogP contribution in [0.5, 0.6) is 0 Å². The number of nitro groups is 1. The Morgan fingerprint density at radius 2 is 2.00 bits per heavy atom. The smallest absolute Gasteiger partial charge is 0.358 e. The van der Waals surface area contributed by atoms with Crippen LogP contribution in [0.25, 0.3) is 0 Å². The maximum Gasteiger partial charge on any atom is 0.408 e. The molecule has 0 radical (unpaired) electrons. The number of halogens is 1. The largest absolute Gasteiger partial charge is 0.408 e. The fourth-order valence-corrected chi connectivity index (χ4v) is 3.97. The van der Waals surface area contributed by atoms with Crippen LogP contribution in [0.2, 0.25) is 5.02 Å². The standard InChI is InChI=1S/C15H16ClN5O5S/c16-13-10-19(18-15(13)21(23)24)9-7-17-27(25,26)12-5-3-11(4-6-12)20-8-1-2-14(20)22/h3-6,10,17H,1-2,7-9H2. The average molecular weight is 414 g/mol. The summed E-state index contributed by atoms with van der Waals surface area (Å²) < 4.78 is 28.3. The quantitative estimate of drug-likeness (QED) is 0.541. The molecule has 0 aliphatic carbocycles. The van der Waals surface area contributed by atoms with E-state index >= 15 is 0 Å². The molecule has 12 heteroatoms. The Labute approximate surface area is 159 Å². The summed E-state index contributed by atoms with van der Waals surface area (Å²) in [5.74, 6) is -0.456. The highest BCUT2D eigenvalue weighted by Gasteiger charge is 2.23. The SMILES string of the molecule is O=C1CCCN1c1ccc(S(=O)(=O)NCCn2cc(Cl)c([N+](=O)[O-])n2)cc1. The lowest BCUT2D eigenvalue weighted by molar-refractivity contribution is -0.389. The van der Waals surface area contributed by atoms with E-state index in [-0.39, 0.29) is 28.9 Å². The van der Waals surface area contributed by atoms with Gasteiger partial charge in [-0.05, 0) is 35.6 Å². The predicted molar refractivity (Wildman–Crippen MR) is 97.1 cm³/mol. The van der Waals surface area contributed by atoms with E-state index in [1.165, 1.54) is 23.0 Å². The van der Waals surface area contributed by atoms with E-state index in [0.717, 1.165) is 6.42 Å². The lowest BCUT2D eigenvalue weighted by Gasteiger charge is -2.16. The third-order valence-electron chi connectivity index (χ3n) is 4.04. The number of sulfonamides is 1. The molecule has 1 saturated heterocycles. The number of amides is 1. The molecule has 1 aliphatic rings. The molecule has 1 aromatic carbocycles. The number of carbonyl (C=O) groups is 1. The van der Waals surface area contributed by atoms with Gasteiger partial charge in [-0.1, -0.05) is 11.6 Å². The molecule has 0 spiro atoms. The van der Waals surface area contributed by atoms with Crippen molar-refractivity contribution in [1.82, 2.24) is 14.5 Å². The van der Waals surface area contributed by atoms with Crippen molar-refractivity contribution in [3.8, 4) is 0 Å². The van der Waals surface area contributed by atoms with Gasteiger partial charge in [-0.2, -0.15) is 4.68 Å². The number of hydrogen-bond acceptors (Lipinski definition) is 6. The van der Waals surface area contributed by atoms with Crippen molar-refractivity contribution in [2.45, 2.75) is 24.3 Å². The maximum absolute atomic E-state index is 12.3. The molecule has 144 valence electrons. The number of rotatable bonds is 7. The number of carbonyl (C=O) groups excluding carboxylic acids is 1. The van der Waals surface area contributed by atoms with Crippen LogP contribution < -0.4 is 9.62 Å². The third kappa shape index (κ3) is 4.26. The van der Waals surface area contributed by atoms with Crippen LogP contribution in [-0.4, -0.2) is 42.1 Å². The Bertz CT molecular complexity index is 973. The molecule has 1 fully saturated rings. The van der Waals surface area contributed by atoms with E-state index in [0.29, 0.717) is 18.7 Å². The second-order valence-corrected chi connectivity index (χ2v) is 8.04. The molecular weight excluding hydrogens is 398 g/mol. The van der Waals surface area contributed by atoms with Gasteiger partial charge < -0.3 is 15.0 Å². The van der Waals surface area contributed by atoms with Gasteiger partial charge in [0.25, 0.3) is 0 Å². The third-order valence-corrected chi connectivity index (χ3v) is 5.78. The Kier molecular flexibility index (Phi) is 5.44. The normalized spacial score (nSPS) is 14.7. The molecule has 2 aromatic rings. The number of aromatic nitrogens is 2. The molecule has 0 saturated carbocycles. The highest BCUT2D eigenvalue weighted by Crippen LogP contribution is 2.23. The monoisotopic (exact) mass is 413 g/mol. The first-order valence-corrected chi connectivity index (χ1v) is 9.91. The number of anilines is 1. The highest BCUT2D eigenvalue weighted by molar-refractivity contribution is 7.89. The number of benzene rings is 1. The van der Waals surface area contributed by atoms with Crippen molar-refractivity contribution in [3.05, 3.63) is 45.6 Å². The van der Waals surface area contributed by atoms with Crippen molar-refractivity contribution >= 4 is 39.0 Å². The van der Waals surface area contributed by atoms with E-state index in [1.54, 1.807) is 17.0 Å². The first-order valence-electron chi connectivity index (χ1n) is 8.05. The van der Waals surface area contributed by atoms with Gasteiger partial charge in [-0.15, -0.1) is 0 Å². The Hall–Kier alpha value is -2.50. The van der Waals surface area contributed by atoms with Gasteiger partial charge in [0.1, 0.15) is 0 Å². The lowest BCUT2D eigenvalue weighted by atomic mass is 10.3. The fraction of sp³-hybridized carbons (Fsp3) is 0.333. The minimum Gasteiger partial charge on any atom is -0.358 e. The van der Waals surface area contributed by atoms with Crippen molar-refractivity contribution < 1.29 is 18.1 Å². The van der Waals surface area contributed by atoms with E-state index in [4.69, 9.17) is 11.6 Å². The van der Waals surface area contributed by atoms with E-state index in [9.17, 15) is 23.3 Å². The molecule has 0 unspecified atom stereocenters. The van der Waals surface area contributed by atoms with Crippen LogP contribution in [0.4, 0.5) is 11.5 Å². The first kappa shape index (κ1) is 19.3. The number of hydrogen-bond donors (Lipinski definition) is 1. The van der Waals surface area contributed by atoms with Crippen molar-refractivity contribution in [2.24, 2.45) is 0 Å². The molecule has 1 aliphatic heterocycles. The molecular formula is C15H16ClN5O5S. The summed E-state index contributed by atoms with van der Waals surface area (Å²) in [6, 6.07) is 6.04. The molecule has 10 nitrogen and oxygen atoms in total. The summed E-state index contributed by atoms with van der Waals surface area (Å²) in [4.78, 5) is 23.4. The van der Waals surface area contributed by atoms with E-state index in [2.05, 4.69) is 9.82 Å². The summed E-state index contributed by atoms with van der Waals surface area (Å²) in [7, 11) is -3.77. The summed E-state index contributed by atoms with van der Waals surface area (Å²) in [6.07, 6.45) is 2.54. The van der Waals surface area contributed by atoms with Gasteiger partial charge in [0.15, 0.2) is 5.02 Å². The van der Waals surface area contributed by atoms with Gasteiger partial charge in [-0.3, -0.25) is 4.79 Å². The summed E-state index contributed by atoms with van der Waals surface area (Å²) in [5, 5.41) is 14.3. The molecule has 0 atom stereocenters. The zero-order chi connectivity index (χ0) is 19.6. The van der Waals surface area contributed by atoms with Crippen molar-refractivity contribution in [1.29, 1.82) is 0 Å². The minimum atomic E-state index is -3.77. The highest BCUT2D eigenvalue weighted by atomic mass is 35.5. The summed E-state index contributed by atoms with van der Waals surface area (Å²) in [6.45, 7) is 0.679. The van der Waals surface area contributed by atoms with Gasteiger partial charge in [0, 0.05) is 25.2 Å². The second-order valence-electron chi connectivity index (χ2n) is 5.86. The van der Waals surface area contributed by atoms with Gasteiger partial charge in [-0.25, -0.2) is 13.1 Å². The summed E-state index contributed by atoms with van der Waals surface area (Å²) in [5.41, 5.74) is 0.662.